The van der Waals surface area contributed by atoms with Crippen molar-refractivity contribution in [3.05, 3.63) is 42.0 Å². The van der Waals surface area contributed by atoms with Crippen molar-refractivity contribution in [1.82, 2.24) is 15.1 Å². The molecule has 0 radical (unpaired) electrons. The van der Waals surface area contributed by atoms with E-state index in [0.29, 0.717) is 26.1 Å². The summed E-state index contributed by atoms with van der Waals surface area (Å²) in [6, 6.07) is 10.1. The van der Waals surface area contributed by atoms with E-state index in [1.54, 1.807) is 0 Å². The zero-order chi connectivity index (χ0) is 19.4. The molecule has 0 bridgehead atoms. The Labute approximate surface area is 166 Å². The first-order valence-electron chi connectivity index (χ1n) is 10.3. The van der Waals surface area contributed by atoms with Crippen molar-refractivity contribution in [3.63, 3.8) is 0 Å². The summed E-state index contributed by atoms with van der Waals surface area (Å²) >= 11 is 0. The minimum absolute atomic E-state index is 0.0279. The van der Waals surface area contributed by atoms with Gasteiger partial charge in [0.1, 0.15) is 6.10 Å². The van der Waals surface area contributed by atoms with Crippen LogP contribution in [0.4, 0.5) is 0 Å². The molecule has 2 amide bonds. The van der Waals surface area contributed by atoms with Crippen LogP contribution in [0.3, 0.4) is 0 Å². The van der Waals surface area contributed by atoms with Gasteiger partial charge in [-0.1, -0.05) is 42.5 Å². The van der Waals surface area contributed by atoms with E-state index in [9.17, 15) is 9.59 Å². The number of hydrogen-bond acceptors (Lipinski definition) is 4. The lowest BCUT2D eigenvalue weighted by atomic mass is 9.77. The summed E-state index contributed by atoms with van der Waals surface area (Å²) in [6.07, 6.45) is 6.17. The van der Waals surface area contributed by atoms with Crippen LogP contribution in [0.5, 0.6) is 0 Å². The van der Waals surface area contributed by atoms with Gasteiger partial charge in [-0.05, 0) is 18.4 Å². The fourth-order valence-electron chi connectivity index (χ4n) is 4.49. The molecule has 6 nitrogen and oxygen atoms in total. The Morgan fingerprint density at radius 3 is 2.75 bits per heavy atom. The summed E-state index contributed by atoms with van der Waals surface area (Å²) in [5.41, 5.74) is 1.18. The molecule has 1 unspecified atom stereocenters. The largest absolute Gasteiger partial charge is 0.366 e. The molecule has 3 saturated heterocycles. The molecule has 3 aliphatic heterocycles. The first-order chi connectivity index (χ1) is 13.7. The molecule has 28 heavy (non-hydrogen) atoms. The zero-order valence-electron chi connectivity index (χ0n) is 16.3. The molecule has 150 valence electrons. The van der Waals surface area contributed by atoms with Gasteiger partial charge in [0.2, 0.25) is 5.91 Å². The molecule has 4 rings (SSSR count). The second-order valence-corrected chi connectivity index (χ2v) is 8.15. The zero-order valence-corrected chi connectivity index (χ0v) is 16.3. The minimum atomic E-state index is -0.354. The Morgan fingerprint density at radius 2 is 2.04 bits per heavy atom. The van der Waals surface area contributed by atoms with Crippen molar-refractivity contribution in [2.24, 2.45) is 5.41 Å². The lowest BCUT2D eigenvalue weighted by Gasteiger charge is -2.40. The number of morpholine rings is 1. The molecule has 1 aromatic carbocycles. The summed E-state index contributed by atoms with van der Waals surface area (Å²) in [5.74, 6) is 0.325. The van der Waals surface area contributed by atoms with Gasteiger partial charge in [-0.2, -0.15) is 0 Å². The number of ether oxygens (including phenoxy) is 1. The molecule has 1 N–H and O–H groups in total. The smallest absolute Gasteiger partial charge is 0.253 e. The van der Waals surface area contributed by atoms with E-state index in [0.717, 1.165) is 44.6 Å². The number of likely N-dealkylation sites (tertiary alicyclic amines) is 2. The molecule has 3 fully saturated rings. The number of carbonyl (C=O) groups excluding carboxylic acids is 2. The Morgan fingerprint density at radius 1 is 1.25 bits per heavy atom. The fraction of sp³-hybridized carbons (Fsp3) is 0.545. The molecular formula is C22H29N3O3. The maximum Gasteiger partial charge on any atom is 0.253 e. The van der Waals surface area contributed by atoms with Crippen LogP contribution in [0.15, 0.2) is 36.4 Å². The first kappa shape index (κ1) is 19.2. The summed E-state index contributed by atoms with van der Waals surface area (Å²) in [6.45, 7) is 4.89. The monoisotopic (exact) mass is 383 g/mol. The molecule has 0 saturated carbocycles. The van der Waals surface area contributed by atoms with Crippen molar-refractivity contribution in [2.45, 2.75) is 25.4 Å². The highest BCUT2D eigenvalue weighted by molar-refractivity contribution is 5.82. The second-order valence-electron chi connectivity index (χ2n) is 8.15. The quantitative estimate of drug-likeness (QED) is 0.857. The topological polar surface area (TPSA) is 61.9 Å². The fourth-order valence-corrected chi connectivity index (χ4v) is 4.49. The van der Waals surface area contributed by atoms with E-state index in [4.69, 9.17) is 4.74 Å². The van der Waals surface area contributed by atoms with Gasteiger partial charge in [-0.3, -0.25) is 9.59 Å². The Balaban J connectivity index is 1.29. The highest BCUT2D eigenvalue weighted by Gasteiger charge is 2.45. The van der Waals surface area contributed by atoms with Gasteiger partial charge in [0.15, 0.2) is 0 Å². The van der Waals surface area contributed by atoms with Gasteiger partial charge in [-0.25, -0.2) is 0 Å². The first-order valence-corrected chi connectivity index (χ1v) is 10.3. The highest BCUT2D eigenvalue weighted by atomic mass is 16.5. The summed E-state index contributed by atoms with van der Waals surface area (Å²) in [4.78, 5) is 29.1. The normalized spacial score (nSPS) is 25.0. The molecule has 1 spiro atoms. The van der Waals surface area contributed by atoms with Crippen LogP contribution in [-0.2, 0) is 14.3 Å². The van der Waals surface area contributed by atoms with E-state index >= 15 is 0 Å². The molecule has 0 aliphatic carbocycles. The van der Waals surface area contributed by atoms with Gasteiger partial charge < -0.3 is 19.9 Å². The minimum Gasteiger partial charge on any atom is -0.366 e. The van der Waals surface area contributed by atoms with Crippen LogP contribution in [0.25, 0.3) is 6.08 Å². The number of carbonyl (C=O) groups is 2. The number of nitrogens with one attached hydrogen (secondary N) is 1. The number of nitrogens with zero attached hydrogens (tertiary/aromatic N) is 2. The van der Waals surface area contributed by atoms with Crippen LogP contribution in [-0.4, -0.2) is 73.6 Å². The van der Waals surface area contributed by atoms with E-state index in [1.165, 1.54) is 0 Å². The van der Waals surface area contributed by atoms with Crippen LogP contribution in [0.1, 0.15) is 24.8 Å². The Kier molecular flexibility index (Phi) is 5.78. The molecule has 3 heterocycles. The summed E-state index contributed by atoms with van der Waals surface area (Å²) in [5, 5.41) is 3.22. The van der Waals surface area contributed by atoms with Crippen molar-refractivity contribution in [1.29, 1.82) is 0 Å². The average molecular weight is 383 g/mol. The summed E-state index contributed by atoms with van der Waals surface area (Å²) < 4.78 is 5.60. The third-order valence-corrected chi connectivity index (χ3v) is 6.18. The van der Waals surface area contributed by atoms with Gasteiger partial charge in [0.05, 0.1) is 6.61 Å². The average Bonchev–Trinajstić information content (AvgIpc) is 3.04. The number of amides is 2. The molecule has 1 aromatic rings. The van der Waals surface area contributed by atoms with Gasteiger partial charge in [0, 0.05) is 51.1 Å². The van der Waals surface area contributed by atoms with Gasteiger partial charge >= 0.3 is 0 Å². The molecule has 6 heteroatoms. The van der Waals surface area contributed by atoms with Crippen LogP contribution >= 0.6 is 0 Å². The lowest BCUT2D eigenvalue weighted by molar-refractivity contribution is -0.147. The third kappa shape index (κ3) is 4.28. The van der Waals surface area contributed by atoms with Crippen LogP contribution < -0.4 is 5.32 Å². The number of rotatable bonds is 4. The van der Waals surface area contributed by atoms with Crippen molar-refractivity contribution >= 4 is 17.9 Å². The predicted molar refractivity (Wildman–Crippen MR) is 108 cm³/mol. The molecule has 1 atom stereocenters. The SMILES string of the molecule is O=C1CC2(CCN(C(=O)C3CNCCO3)CC2)CN1CC=Cc1ccccc1. The van der Waals surface area contributed by atoms with E-state index in [1.807, 2.05) is 28.0 Å². The van der Waals surface area contributed by atoms with Crippen LogP contribution in [0, 0.1) is 5.41 Å². The molecule has 3 aliphatic rings. The standard InChI is InChI=1S/C22H29N3O3/c26-20-15-22(17-25(20)11-4-7-18-5-2-1-3-6-18)8-12-24(13-9-22)21(27)19-16-23-10-14-28-19/h1-7,19,23H,8-17H2. The number of piperidine rings is 1. The van der Waals surface area contributed by atoms with Crippen LogP contribution in [0.2, 0.25) is 0 Å². The number of benzene rings is 1. The summed E-state index contributed by atoms with van der Waals surface area (Å²) in [7, 11) is 0. The van der Waals surface area contributed by atoms with Crippen molar-refractivity contribution < 1.29 is 14.3 Å². The maximum absolute atomic E-state index is 12.6. The lowest BCUT2D eigenvalue weighted by Crippen LogP contribution is -2.52. The van der Waals surface area contributed by atoms with E-state index in [2.05, 4.69) is 29.6 Å². The second kappa shape index (κ2) is 8.45. The molecule has 0 aromatic heterocycles. The van der Waals surface area contributed by atoms with E-state index in [-0.39, 0.29) is 23.3 Å². The van der Waals surface area contributed by atoms with Gasteiger partial charge in [0.25, 0.3) is 5.91 Å². The number of hydrogen-bond donors (Lipinski definition) is 1. The Hall–Kier alpha value is -2.18. The van der Waals surface area contributed by atoms with E-state index < -0.39 is 0 Å². The molecular weight excluding hydrogens is 354 g/mol. The van der Waals surface area contributed by atoms with Crippen molar-refractivity contribution in [2.75, 3.05) is 45.9 Å². The highest BCUT2D eigenvalue weighted by Crippen LogP contribution is 2.41. The van der Waals surface area contributed by atoms with Gasteiger partial charge in [-0.15, -0.1) is 0 Å². The Bertz CT molecular complexity index is 720. The van der Waals surface area contributed by atoms with Crippen molar-refractivity contribution in [3.8, 4) is 0 Å². The predicted octanol–water partition coefficient (Wildman–Crippen LogP) is 1.53. The maximum atomic E-state index is 12.6. The third-order valence-electron chi connectivity index (χ3n) is 6.18.